The van der Waals surface area contributed by atoms with Crippen LogP contribution in [0.25, 0.3) is 0 Å². The van der Waals surface area contributed by atoms with Gasteiger partial charge < -0.3 is 9.79 Å². The lowest BCUT2D eigenvalue weighted by Crippen LogP contribution is -2.35. The Kier molecular flexibility index (Phi) is 2.45. The fourth-order valence-corrected chi connectivity index (χ4v) is 2.44. The topological polar surface area (TPSA) is 69.6 Å². The van der Waals surface area contributed by atoms with Gasteiger partial charge in [0.15, 0.2) is 0 Å². The maximum absolute atomic E-state index is 11.0. The van der Waals surface area contributed by atoms with Crippen molar-refractivity contribution < 1.29 is 14.4 Å². The molecule has 0 fully saturated rings. The summed E-state index contributed by atoms with van der Waals surface area (Å²) >= 11 is 0. The highest BCUT2D eigenvalue weighted by Crippen LogP contribution is 2.42. The maximum atomic E-state index is 11.0. The van der Waals surface area contributed by atoms with Crippen LogP contribution in [0.4, 0.5) is 0 Å². The molecule has 1 heterocycles. The maximum Gasteiger partial charge on any atom is 0.342 e. The molecule has 1 aliphatic rings. The first-order valence-electron chi connectivity index (χ1n) is 4.43. The van der Waals surface area contributed by atoms with E-state index >= 15 is 0 Å². The number of benzene rings is 1. The van der Waals surface area contributed by atoms with Crippen molar-refractivity contribution >= 4 is 7.60 Å². The largest absolute Gasteiger partial charge is 0.342 e. The summed E-state index contributed by atoms with van der Waals surface area (Å²) in [6.45, 7) is 0.534. The molecule has 2 rings (SSSR count). The molecule has 0 saturated carbocycles. The summed E-state index contributed by atoms with van der Waals surface area (Å²) in [4.78, 5) is 18.0. The quantitative estimate of drug-likeness (QED) is 0.604. The summed E-state index contributed by atoms with van der Waals surface area (Å²) in [5.74, 6) is -0.725. The van der Waals surface area contributed by atoms with Gasteiger partial charge in [0, 0.05) is 6.54 Å². The minimum atomic E-state index is -4.01. The van der Waals surface area contributed by atoms with Crippen LogP contribution in [0.5, 0.6) is 0 Å². The number of rotatable bonds is 1. The lowest BCUT2D eigenvalue weighted by Gasteiger charge is -2.26. The van der Waals surface area contributed by atoms with Gasteiger partial charge in [-0.1, -0.05) is 24.3 Å². The molecule has 0 aliphatic carbocycles. The lowest BCUT2D eigenvalue weighted by molar-refractivity contribution is 0.341. The first kappa shape index (κ1) is 9.87. The van der Waals surface area contributed by atoms with Gasteiger partial charge in [-0.05, 0) is 17.5 Å². The fraction of sp³-hybridized carbons (Fsp3) is 0.333. The molecule has 4 nitrogen and oxygen atoms in total. The Balaban J connectivity index is 2.26. The Morgan fingerprint density at radius 3 is 2.57 bits per heavy atom. The zero-order valence-electron chi connectivity index (χ0n) is 7.55. The van der Waals surface area contributed by atoms with Crippen molar-refractivity contribution in [2.75, 3.05) is 0 Å². The van der Waals surface area contributed by atoms with Crippen molar-refractivity contribution in [2.24, 2.45) is 0 Å². The van der Waals surface area contributed by atoms with E-state index in [2.05, 4.69) is 5.32 Å². The summed E-state index contributed by atoms with van der Waals surface area (Å²) in [6.07, 6.45) is 0.403. The number of hydrogen-bond donors (Lipinski definition) is 3. The highest BCUT2D eigenvalue weighted by molar-refractivity contribution is 7.52. The third kappa shape index (κ3) is 1.88. The van der Waals surface area contributed by atoms with E-state index in [1.807, 2.05) is 24.3 Å². The predicted molar refractivity (Wildman–Crippen MR) is 52.8 cm³/mol. The van der Waals surface area contributed by atoms with Crippen molar-refractivity contribution in [3.63, 3.8) is 0 Å². The van der Waals surface area contributed by atoms with E-state index in [1.54, 1.807) is 0 Å². The second-order valence-corrected chi connectivity index (χ2v) is 5.26. The van der Waals surface area contributed by atoms with Crippen LogP contribution in [0.3, 0.4) is 0 Å². The van der Waals surface area contributed by atoms with Gasteiger partial charge >= 0.3 is 7.60 Å². The zero-order valence-corrected chi connectivity index (χ0v) is 8.45. The van der Waals surface area contributed by atoms with Gasteiger partial charge in [-0.15, -0.1) is 0 Å². The molecule has 1 aliphatic heterocycles. The first-order valence-corrected chi connectivity index (χ1v) is 6.11. The van der Waals surface area contributed by atoms with Gasteiger partial charge in [0.1, 0.15) is 5.78 Å². The average molecular weight is 213 g/mol. The molecule has 3 N–H and O–H groups in total. The van der Waals surface area contributed by atoms with Gasteiger partial charge in [-0.25, -0.2) is 0 Å². The Morgan fingerprint density at radius 2 is 1.93 bits per heavy atom. The van der Waals surface area contributed by atoms with E-state index in [0.29, 0.717) is 13.0 Å². The van der Waals surface area contributed by atoms with Crippen LogP contribution in [-0.2, 0) is 17.5 Å². The Labute approximate surface area is 82.1 Å². The standard InChI is InChI=1S/C9H12NO3P/c11-14(12,13)9-5-7-3-1-2-4-8(7)6-10-9/h1-4,9-10H,5-6H2,(H2,11,12,13)/t9-/m1/s1. The molecule has 1 atom stereocenters. The molecule has 0 saturated heterocycles. The monoisotopic (exact) mass is 213 g/mol. The molecule has 5 heteroatoms. The summed E-state index contributed by atoms with van der Waals surface area (Å²) in [7, 11) is -4.01. The number of hydrogen-bond acceptors (Lipinski definition) is 2. The highest BCUT2D eigenvalue weighted by Gasteiger charge is 2.31. The minimum Gasteiger partial charge on any atom is -0.323 e. The van der Waals surface area contributed by atoms with Crippen LogP contribution in [-0.4, -0.2) is 15.6 Å². The summed E-state index contributed by atoms with van der Waals surface area (Å²) in [5.41, 5.74) is 2.15. The van der Waals surface area contributed by atoms with Crippen molar-refractivity contribution in [3.05, 3.63) is 35.4 Å². The Morgan fingerprint density at radius 1 is 1.29 bits per heavy atom. The average Bonchev–Trinajstić information content (AvgIpc) is 2.16. The summed E-state index contributed by atoms with van der Waals surface area (Å²) in [5, 5.41) is 2.85. The van der Waals surface area contributed by atoms with Crippen LogP contribution in [0.1, 0.15) is 11.1 Å². The van der Waals surface area contributed by atoms with Crippen LogP contribution in [0.15, 0.2) is 24.3 Å². The predicted octanol–water partition coefficient (Wildman–Crippen LogP) is 0.836. The van der Waals surface area contributed by atoms with Crippen molar-refractivity contribution in [3.8, 4) is 0 Å². The molecule has 0 spiro atoms. The normalized spacial score (nSPS) is 21.7. The van der Waals surface area contributed by atoms with Crippen LogP contribution >= 0.6 is 7.60 Å². The number of nitrogens with one attached hydrogen (secondary N) is 1. The van der Waals surface area contributed by atoms with Gasteiger partial charge in [-0.2, -0.15) is 0 Å². The van der Waals surface area contributed by atoms with E-state index < -0.39 is 13.4 Å². The lowest BCUT2D eigenvalue weighted by atomic mass is 10.0. The Bertz CT molecular complexity index is 387. The smallest absolute Gasteiger partial charge is 0.323 e. The van der Waals surface area contributed by atoms with Crippen LogP contribution in [0.2, 0.25) is 0 Å². The SMILES string of the molecule is O=P(O)(O)[C@@H]1Cc2ccccc2CN1. The van der Waals surface area contributed by atoms with Crippen LogP contribution < -0.4 is 5.32 Å². The zero-order chi connectivity index (χ0) is 10.2. The first-order chi connectivity index (χ1) is 6.57. The molecule has 0 radical (unpaired) electrons. The van der Waals surface area contributed by atoms with E-state index in [1.165, 1.54) is 0 Å². The van der Waals surface area contributed by atoms with Gasteiger partial charge in [-0.3, -0.25) is 9.88 Å². The molecular weight excluding hydrogens is 201 g/mol. The Hall–Kier alpha value is -0.670. The van der Waals surface area contributed by atoms with Gasteiger partial charge in [0.25, 0.3) is 0 Å². The molecule has 0 bridgehead atoms. The minimum absolute atomic E-state index is 0.403. The van der Waals surface area contributed by atoms with Gasteiger partial charge in [0.05, 0.1) is 0 Å². The van der Waals surface area contributed by atoms with E-state index in [4.69, 9.17) is 9.79 Å². The number of fused-ring (bicyclic) bond motifs is 1. The van der Waals surface area contributed by atoms with E-state index in [9.17, 15) is 4.57 Å². The molecule has 1 aromatic rings. The fourth-order valence-electron chi connectivity index (χ4n) is 1.68. The molecule has 1 aromatic carbocycles. The molecule has 14 heavy (non-hydrogen) atoms. The van der Waals surface area contributed by atoms with Gasteiger partial charge in [0.2, 0.25) is 0 Å². The second-order valence-electron chi connectivity index (χ2n) is 3.46. The molecule has 0 aromatic heterocycles. The van der Waals surface area contributed by atoms with Crippen LogP contribution in [0, 0.1) is 0 Å². The second kappa shape index (κ2) is 3.48. The third-order valence-electron chi connectivity index (χ3n) is 2.47. The summed E-state index contributed by atoms with van der Waals surface area (Å²) in [6, 6.07) is 7.70. The molecule has 0 unspecified atom stereocenters. The molecular formula is C9H12NO3P. The highest BCUT2D eigenvalue weighted by atomic mass is 31.2. The van der Waals surface area contributed by atoms with Crippen molar-refractivity contribution in [1.82, 2.24) is 5.32 Å². The van der Waals surface area contributed by atoms with Crippen molar-refractivity contribution in [1.29, 1.82) is 0 Å². The summed E-state index contributed by atoms with van der Waals surface area (Å²) < 4.78 is 11.0. The van der Waals surface area contributed by atoms with E-state index in [0.717, 1.165) is 11.1 Å². The van der Waals surface area contributed by atoms with Crippen molar-refractivity contribution in [2.45, 2.75) is 18.7 Å². The molecule has 76 valence electrons. The van der Waals surface area contributed by atoms with E-state index in [-0.39, 0.29) is 0 Å². The third-order valence-corrected chi connectivity index (χ3v) is 3.64. The molecule has 0 amide bonds.